The van der Waals surface area contributed by atoms with E-state index >= 15 is 0 Å². The lowest BCUT2D eigenvalue weighted by Gasteiger charge is -2.34. The second-order valence-corrected chi connectivity index (χ2v) is 7.89. The first-order chi connectivity index (χ1) is 14.4. The molecule has 2 aromatic carbocycles. The highest BCUT2D eigenvalue weighted by Gasteiger charge is 2.37. The van der Waals surface area contributed by atoms with Crippen molar-refractivity contribution in [3.8, 4) is 5.75 Å². The van der Waals surface area contributed by atoms with Crippen LogP contribution in [0.25, 0.3) is 10.2 Å². The number of benzene rings is 2. The maximum Gasteiger partial charge on any atom is 0.310 e. The van der Waals surface area contributed by atoms with Gasteiger partial charge in [0.2, 0.25) is 0 Å². The number of fused-ring (bicyclic) bond motifs is 2. The van der Waals surface area contributed by atoms with Crippen LogP contribution >= 0.6 is 11.3 Å². The van der Waals surface area contributed by atoms with Crippen LogP contribution in [0.1, 0.15) is 23.9 Å². The number of esters is 1. The summed E-state index contributed by atoms with van der Waals surface area (Å²) < 4.78 is 38.8. The molecule has 156 valence electrons. The smallest absolute Gasteiger partial charge is 0.310 e. The number of carbonyl (C=O) groups excluding carboxylic acids is 2. The zero-order valence-electron chi connectivity index (χ0n) is 16.3. The van der Waals surface area contributed by atoms with Gasteiger partial charge in [0.05, 0.1) is 30.0 Å². The van der Waals surface area contributed by atoms with Gasteiger partial charge in [-0.15, -0.1) is 11.3 Å². The third kappa shape index (κ3) is 3.60. The minimum Gasteiger partial charge on any atom is -0.477 e. The number of hydrogen-bond donors (Lipinski definition) is 0. The van der Waals surface area contributed by atoms with E-state index in [1.165, 1.54) is 22.3 Å². The first-order valence-electron chi connectivity index (χ1n) is 9.35. The van der Waals surface area contributed by atoms with Crippen molar-refractivity contribution < 1.29 is 27.8 Å². The fourth-order valence-electron chi connectivity index (χ4n) is 3.34. The molecule has 1 unspecified atom stereocenters. The molecule has 0 fully saturated rings. The first-order valence-corrected chi connectivity index (χ1v) is 10.2. The van der Waals surface area contributed by atoms with Crippen molar-refractivity contribution in [3.63, 3.8) is 0 Å². The number of thiazole rings is 1. The van der Waals surface area contributed by atoms with Crippen LogP contribution in [-0.2, 0) is 20.9 Å². The number of para-hydroxylation sites is 1. The highest BCUT2D eigenvalue weighted by molar-refractivity contribution is 7.18. The Morgan fingerprint density at radius 1 is 1.30 bits per heavy atom. The van der Waals surface area contributed by atoms with Crippen molar-refractivity contribution in [2.75, 3.05) is 11.5 Å². The molecular formula is C21H18F2N2O4S. The lowest BCUT2D eigenvalue weighted by Crippen LogP contribution is -2.46. The van der Waals surface area contributed by atoms with Gasteiger partial charge in [0.15, 0.2) is 17.7 Å². The van der Waals surface area contributed by atoms with E-state index in [0.717, 1.165) is 11.6 Å². The molecule has 0 saturated heterocycles. The predicted octanol–water partition coefficient (Wildman–Crippen LogP) is 4.13. The van der Waals surface area contributed by atoms with E-state index in [-0.39, 0.29) is 25.1 Å². The van der Waals surface area contributed by atoms with E-state index in [1.807, 2.05) is 13.0 Å². The average molecular weight is 432 g/mol. The number of hydrogen-bond acceptors (Lipinski definition) is 6. The van der Waals surface area contributed by atoms with Crippen LogP contribution in [-0.4, -0.2) is 29.6 Å². The van der Waals surface area contributed by atoms with E-state index in [2.05, 4.69) is 4.98 Å². The minimum atomic E-state index is -1.04. The lowest BCUT2D eigenvalue weighted by atomic mass is 10.1. The number of anilines is 1. The summed E-state index contributed by atoms with van der Waals surface area (Å²) in [6.45, 7) is 3.76. The van der Waals surface area contributed by atoms with Gasteiger partial charge in [-0.25, -0.2) is 13.8 Å². The van der Waals surface area contributed by atoms with Gasteiger partial charge in [0, 0.05) is 0 Å². The Kier molecular flexibility index (Phi) is 5.38. The summed E-state index contributed by atoms with van der Waals surface area (Å²) in [7, 11) is 0. The van der Waals surface area contributed by atoms with Crippen molar-refractivity contribution in [1.82, 2.24) is 4.98 Å². The molecule has 1 aromatic heterocycles. The lowest BCUT2D eigenvalue weighted by molar-refractivity contribution is -0.147. The molecule has 30 heavy (non-hydrogen) atoms. The predicted molar refractivity (Wildman–Crippen MR) is 108 cm³/mol. The molecule has 0 N–H and O–H groups in total. The SMILES string of the molecule is CCOC(=O)CC1Oc2c(C)cccc2N(Cc2nc3c(F)c(F)ccc3s2)C1=O. The van der Waals surface area contributed by atoms with Crippen LogP contribution < -0.4 is 9.64 Å². The number of aryl methyl sites for hydroxylation is 1. The van der Waals surface area contributed by atoms with Gasteiger partial charge < -0.3 is 9.47 Å². The number of aromatic nitrogens is 1. The van der Waals surface area contributed by atoms with Crippen LogP contribution in [0.3, 0.4) is 0 Å². The molecule has 0 spiro atoms. The number of amides is 1. The molecular weight excluding hydrogens is 414 g/mol. The maximum absolute atomic E-state index is 14.1. The molecule has 1 aliphatic rings. The molecule has 0 radical (unpaired) electrons. The van der Waals surface area contributed by atoms with Gasteiger partial charge in [0.1, 0.15) is 16.3 Å². The molecule has 4 rings (SSSR count). The largest absolute Gasteiger partial charge is 0.477 e. The normalized spacial score (nSPS) is 15.8. The fraction of sp³-hybridized carbons (Fsp3) is 0.286. The Morgan fingerprint density at radius 2 is 2.10 bits per heavy atom. The molecule has 1 atom stereocenters. The molecule has 9 heteroatoms. The molecule has 6 nitrogen and oxygen atoms in total. The van der Waals surface area contributed by atoms with Gasteiger partial charge >= 0.3 is 5.97 Å². The van der Waals surface area contributed by atoms with E-state index in [9.17, 15) is 18.4 Å². The summed E-state index contributed by atoms with van der Waals surface area (Å²) in [5, 5.41) is 0.437. The highest BCUT2D eigenvalue weighted by Crippen LogP contribution is 2.39. The standard InChI is InChI=1S/C21H18F2N2O4S/c1-3-28-17(26)9-14-21(27)25(13-6-4-5-11(2)20(13)29-14)10-16-24-19-15(30-16)8-7-12(22)18(19)23/h4-8,14H,3,9-10H2,1-2H3. The van der Waals surface area contributed by atoms with E-state index < -0.39 is 29.6 Å². The second-order valence-electron chi connectivity index (χ2n) is 6.78. The van der Waals surface area contributed by atoms with Gasteiger partial charge in [-0.1, -0.05) is 12.1 Å². The Bertz CT molecular complexity index is 1150. The van der Waals surface area contributed by atoms with Crippen molar-refractivity contribution in [2.24, 2.45) is 0 Å². The van der Waals surface area contributed by atoms with Gasteiger partial charge in [-0.2, -0.15) is 0 Å². The average Bonchev–Trinajstić information content (AvgIpc) is 3.12. The summed E-state index contributed by atoms with van der Waals surface area (Å²) in [5.41, 5.74) is 1.27. The molecule has 0 aliphatic carbocycles. The number of rotatable bonds is 5. The van der Waals surface area contributed by atoms with E-state index in [1.54, 1.807) is 19.1 Å². The van der Waals surface area contributed by atoms with Crippen LogP contribution in [0.5, 0.6) is 5.75 Å². The molecule has 1 aliphatic heterocycles. The highest BCUT2D eigenvalue weighted by atomic mass is 32.1. The number of ether oxygens (including phenoxy) is 2. The maximum atomic E-state index is 14.1. The van der Waals surface area contributed by atoms with Gasteiger partial charge in [0.25, 0.3) is 5.91 Å². The zero-order valence-corrected chi connectivity index (χ0v) is 17.1. The summed E-state index contributed by atoms with van der Waals surface area (Å²) in [5.74, 6) is -2.46. The Balaban J connectivity index is 1.70. The molecule has 0 bridgehead atoms. The summed E-state index contributed by atoms with van der Waals surface area (Å²) >= 11 is 1.17. The van der Waals surface area contributed by atoms with Crippen LogP contribution in [0.2, 0.25) is 0 Å². The summed E-state index contributed by atoms with van der Waals surface area (Å²) in [6, 6.07) is 7.86. The molecule has 3 aromatic rings. The second kappa shape index (κ2) is 7.98. The van der Waals surface area contributed by atoms with Gasteiger partial charge in [-0.05, 0) is 37.6 Å². The van der Waals surface area contributed by atoms with E-state index in [4.69, 9.17) is 9.47 Å². The third-order valence-electron chi connectivity index (χ3n) is 4.73. The van der Waals surface area contributed by atoms with E-state index in [0.29, 0.717) is 21.1 Å². The molecule has 2 heterocycles. The monoisotopic (exact) mass is 432 g/mol. The van der Waals surface area contributed by atoms with Crippen LogP contribution in [0.4, 0.5) is 14.5 Å². The number of nitrogens with zero attached hydrogens (tertiary/aromatic N) is 2. The van der Waals surface area contributed by atoms with Crippen molar-refractivity contribution in [3.05, 3.63) is 52.5 Å². The zero-order chi connectivity index (χ0) is 21.4. The minimum absolute atomic E-state index is 0.0401. The van der Waals surface area contributed by atoms with Crippen molar-refractivity contribution >= 4 is 39.1 Å². The van der Waals surface area contributed by atoms with Crippen molar-refractivity contribution in [1.29, 1.82) is 0 Å². The first kappa shape index (κ1) is 20.2. The van der Waals surface area contributed by atoms with Gasteiger partial charge in [-0.3, -0.25) is 14.5 Å². The fourth-order valence-corrected chi connectivity index (χ4v) is 4.29. The molecule has 0 saturated carbocycles. The van der Waals surface area contributed by atoms with Crippen molar-refractivity contribution in [2.45, 2.75) is 32.9 Å². The quantitative estimate of drug-likeness (QED) is 0.567. The number of halogens is 2. The third-order valence-corrected chi connectivity index (χ3v) is 5.74. The Hall–Kier alpha value is -3.07. The van der Waals surface area contributed by atoms with Crippen LogP contribution in [0.15, 0.2) is 30.3 Å². The summed E-state index contributed by atoms with van der Waals surface area (Å²) in [6.07, 6.45) is -1.27. The molecule has 1 amide bonds. The number of carbonyl (C=O) groups is 2. The Morgan fingerprint density at radius 3 is 2.87 bits per heavy atom. The van der Waals surface area contributed by atoms with Crippen LogP contribution in [0, 0.1) is 18.6 Å². The Labute approximate surface area is 175 Å². The summed E-state index contributed by atoms with van der Waals surface area (Å²) in [4.78, 5) is 30.7. The topological polar surface area (TPSA) is 68.7 Å².